The van der Waals surface area contributed by atoms with Crippen molar-refractivity contribution in [3.8, 4) is 0 Å². The van der Waals surface area contributed by atoms with Crippen molar-refractivity contribution in [2.45, 2.75) is 13.1 Å². The van der Waals surface area contributed by atoms with Gasteiger partial charge in [0, 0.05) is 36.9 Å². The van der Waals surface area contributed by atoms with E-state index in [0.29, 0.717) is 23.7 Å². The third-order valence-electron chi connectivity index (χ3n) is 4.25. The molecule has 5 nitrogen and oxygen atoms in total. The Labute approximate surface area is 169 Å². The van der Waals surface area contributed by atoms with Gasteiger partial charge in [0.25, 0.3) is 11.8 Å². The van der Waals surface area contributed by atoms with Crippen molar-refractivity contribution in [2.75, 3.05) is 7.05 Å². The van der Waals surface area contributed by atoms with Crippen LogP contribution in [0.25, 0.3) is 0 Å². The molecule has 0 atom stereocenters. The summed E-state index contributed by atoms with van der Waals surface area (Å²) < 4.78 is 0. The van der Waals surface area contributed by atoms with Crippen LogP contribution in [0.1, 0.15) is 32.0 Å². The first-order valence-electron chi connectivity index (χ1n) is 8.81. The van der Waals surface area contributed by atoms with Crippen molar-refractivity contribution in [1.29, 1.82) is 0 Å². The standard InChI is InChI=1S/C22H20ClN3O2/c1-26(15-16-7-3-2-4-8-16)22(28)20-13-17(11-12-24-20)21(27)25-14-18-9-5-6-10-19(18)23/h2-13H,14-15H2,1H3,(H,25,27). The van der Waals surface area contributed by atoms with Gasteiger partial charge in [0.05, 0.1) is 0 Å². The summed E-state index contributed by atoms with van der Waals surface area (Å²) in [7, 11) is 1.71. The molecule has 0 saturated heterocycles. The first-order valence-corrected chi connectivity index (χ1v) is 9.19. The second kappa shape index (κ2) is 9.15. The van der Waals surface area contributed by atoms with E-state index in [1.165, 1.54) is 12.3 Å². The fourth-order valence-electron chi connectivity index (χ4n) is 2.73. The molecule has 3 aromatic rings. The average molecular weight is 394 g/mol. The maximum absolute atomic E-state index is 12.7. The molecular weight excluding hydrogens is 374 g/mol. The number of carbonyl (C=O) groups excluding carboxylic acids is 2. The topological polar surface area (TPSA) is 62.3 Å². The normalized spacial score (nSPS) is 10.4. The zero-order chi connectivity index (χ0) is 19.9. The maximum atomic E-state index is 12.7. The van der Waals surface area contributed by atoms with Crippen LogP contribution in [0, 0.1) is 0 Å². The molecule has 2 aromatic carbocycles. The number of aromatic nitrogens is 1. The van der Waals surface area contributed by atoms with Gasteiger partial charge in [-0.15, -0.1) is 0 Å². The highest BCUT2D eigenvalue weighted by atomic mass is 35.5. The number of pyridine rings is 1. The highest BCUT2D eigenvalue weighted by Crippen LogP contribution is 2.15. The predicted octanol–water partition coefficient (Wildman–Crippen LogP) is 3.94. The quantitative estimate of drug-likeness (QED) is 0.690. The summed E-state index contributed by atoms with van der Waals surface area (Å²) in [5.41, 5.74) is 2.44. The summed E-state index contributed by atoms with van der Waals surface area (Å²) in [6, 6.07) is 20.1. The van der Waals surface area contributed by atoms with Crippen molar-refractivity contribution in [3.05, 3.63) is 100 Å². The summed E-state index contributed by atoms with van der Waals surface area (Å²) in [5.74, 6) is -0.535. The molecule has 0 spiro atoms. The Kier molecular flexibility index (Phi) is 6.40. The molecule has 0 fully saturated rings. The fourth-order valence-corrected chi connectivity index (χ4v) is 2.94. The number of benzene rings is 2. The van der Waals surface area contributed by atoms with E-state index in [9.17, 15) is 9.59 Å². The molecule has 1 heterocycles. The molecule has 0 aliphatic rings. The zero-order valence-corrected chi connectivity index (χ0v) is 16.2. The number of rotatable bonds is 6. The third kappa shape index (κ3) is 4.96. The second-order valence-corrected chi connectivity index (χ2v) is 6.76. The highest BCUT2D eigenvalue weighted by Gasteiger charge is 2.16. The molecule has 142 valence electrons. The van der Waals surface area contributed by atoms with Crippen LogP contribution in [0.15, 0.2) is 72.9 Å². The largest absolute Gasteiger partial charge is 0.348 e. The SMILES string of the molecule is CN(Cc1ccccc1)C(=O)c1cc(C(=O)NCc2ccccc2Cl)ccn1. The average Bonchev–Trinajstić information content (AvgIpc) is 2.73. The summed E-state index contributed by atoms with van der Waals surface area (Å²) in [5, 5.41) is 3.41. The lowest BCUT2D eigenvalue weighted by molar-refractivity contribution is 0.0779. The molecule has 0 bridgehead atoms. The molecule has 0 aliphatic heterocycles. The summed E-state index contributed by atoms with van der Waals surface area (Å²) >= 11 is 6.11. The molecule has 1 N–H and O–H groups in total. The van der Waals surface area contributed by atoms with Gasteiger partial charge in [0.1, 0.15) is 5.69 Å². The minimum Gasteiger partial charge on any atom is -0.348 e. The minimum atomic E-state index is -0.290. The van der Waals surface area contributed by atoms with Crippen LogP contribution in [0.2, 0.25) is 5.02 Å². The van der Waals surface area contributed by atoms with Crippen LogP contribution in [0.3, 0.4) is 0 Å². The first-order chi connectivity index (χ1) is 13.5. The lowest BCUT2D eigenvalue weighted by Gasteiger charge is -2.17. The van der Waals surface area contributed by atoms with Crippen LogP contribution < -0.4 is 5.32 Å². The van der Waals surface area contributed by atoms with Crippen LogP contribution in [0.5, 0.6) is 0 Å². The van der Waals surface area contributed by atoms with E-state index in [1.54, 1.807) is 24.1 Å². The van der Waals surface area contributed by atoms with Crippen LogP contribution in [-0.4, -0.2) is 28.7 Å². The monoisotopic (exact) mass is 393 g/mol. The number of halogens is 1. The number of carbonyl (C=O) groups is 2. The molecule has 0 radical (unpaired) electrons. The molecule has 6 heteroatoms. The number of hydrogen-bond acceptors (Lipinski definition) is 3. The Bertz CT molecular complexity index is 976. The molecule has 0 aliphatic carbocycles. The van der Waals surface area contributed by atoms with E-state index in [4.69, 9.17) is 11.6 Å². The first kappa shape index (κ1) is 19.6. The van der Waals surface area contributed by atoms with Crippen molar-refractivity contribution in [1.82, 2.24) is 15.2 Å². The second-order valence-electron chi connectivity index (χ2n) is 6.35. The van der Waals surface area contributed by atoms with Gasteiger partial charge in [-0.25, -0.2) is 0 Å². The van der Waals surface area contributed by atoms with E-state index in [1.807, 2.05) is 48.5 Å². The highest BCUT2D eigenvalue weighted by molar-refractivity contribution is 6.31. The van der Waals surface area contributed by atoms with E-state index in [-0.39, 0.29) is 17.5 Å². The van der Waals surface area contributed by atoms with Crippen LogP contribution in [-0.2, 0) is 13.1 Å². The summed E-state index contributed by atoms with van der Waals surface area (Å²) in [6.07, 6.45) is 1.47. The molecule has 3 rings (SSSR count). The van der Waals surface area contributed by atoms with Gasteiger partial charge in [-0.3, -0.25) is 14.6 Å². The molecule has 0 saturated carbocycles. The van der Waals surface area contributed by atoms with Gasteiger partial charge in [0.15, 0.2) is 0 Å². The van der Waals surface area contributed by atoms with Gasteiger partial charge in [0.2, 0.25) is 0 Å². The Morgan fingerprint density at radius 1 is 1.04 bits per heavy atom. The Morgan fingerprint density at radius 3 is 2.50 bits per heavy atom. The maximum Gasteiger partial charge on any atom is 0.272 e. The zero-order valence-electron chi connectivity index (χ0n) is 15.4. The smallest absolute Gasteiger partial charge is 0.272 e. The Hall–Kier alpha value is -3.18. The van der Waals surface area contributed by atoms with Gasteiger partial charge < -0.3 is 10.2 Å². The summed E-state index contributed by atoms with van der Waals surface area (Å²) in [4.78, 5) is 30.8. The lowest BCUT2D eigenvalue weighted by Crippen LogP contribution is -2.28. The van der Waals surface area contributed by atoms with E-state index >= 15 is 0 Å². The number of nitrogens with zero attached hydrogens (tertiary/aromatic N) is 2. The van der Waals surface area contributed by atoms with Crippen molar-refractivity contribution < 1.29 is 9.59 Å². The molecule has 28 heavy (non-hydrogen) atoms. The molecular formula is C22H20ClN3O2. The van der Waals surface area contributed by atoms with Gasteiger partial charge in [-0.05, 0) is 29.3 Å². The molecule has 1 aromatic heterocycles. The van der Waals surface area contributed by atoms with E-state index < -0.39 is 0 Å². The van der Waals surface area contributed by atoms with Crippen molar-refractivity contribution in [3.63, 3.8) is 0 Å². The number of amides is 2. The van der Waals surface area contributed by atoms with Crippen LogP contribution in [0.4, 0.5) is 0 Å². The number of hydrogen-bond donors (Lipinski definition) is 1. The van der Waals surface area contributed by atoms with Gasteiger partial charge in [-0.2, -0.15) is 0 Å². The van der Waals surface area contributed by atoms with E-state index in [0.717, 1.165) is 11.1 Å². The Balaban J connectivity index is 1.66. The van der Waals surface area contributed by atoms with Crippen molar-refractivity contribution >= 4 is 23.4 Å². The third-order valence-corrected chi connectivity index (χ3v) is 4.62. The molecule has 2 amide bonds. The Morgan fingerprint density at radius 2 is 1.75 bits per heavy atom. The summed E-state index contributed by atoms with van der Waals surface area (Å²) in [6.45, 7) is 0.766. The fraction of sp³-hybridized carbons (Fsp3) is 0.136. The molecule has 0 unspecified atom stereocenters. The lowest BCUT2D eigenvalue weighted by atomic mass is 10.1. The number of nitrogens with one attached hydrogen (secondary N) is 1. The van der Waals surface area contributed by atoms with Crippen molar-refractivity contribution in [2.24, 2.45) is 0 Å². The van der Waals surface area contributed by atoms with E-state index in [2.05, 4.69) is 10.3 Å². The predicted molar refractivity (Wildman–Crippen MR) is 109 cm³/mol. The minimum absolute atomic E-state index is 0.226. The van der Waals surface area contributed by atoms with Gasteiger partial charge in [-0.1, -0.05) is 60.1 Å². The van der Waals surface area contributed by atoms with Crippen LogP contribution >= 0.6 is 11.6 Å². The van der Waals surface area contributed by atoms with Gasteiger partial charge >= 0.3 is 0 Å².